The van der Waals surface area contributed by atoms with Gasteiger partial charge >= 0.3 is 6.09 Å². The Morgan fingerprint density at radius 3 is 2.27 bits per heavy atom. The zero-order chi connectivity index (χ0) is 22.9. The van der Waals surface area contributed by atoms with E-state index in [1.54, 1.807) is 6.92 Å². The van der Waals surface area contributed by atoms with E-state index >= 15 is 0 Å². The van der Waals surface area contributed by atoms with E-state index in [2.05, 4.69) is 13.5 Å². The smallest absolute Gasteiger partial charge is 0.404 e. The monoisotopic (exact) mass is 431 g/mol. The minimum atomic E-state index is -2.58. The van der Waals surface area contributed by atoms with E-state index in [0.29, 0.717) is 6.42 Å². The molecule has 9 heteroatoms. The first kappa shape index (κ1) is 26.5. The van der Waals surface area contributed by atoms with Crippen LogP contribution < -0.4 is 5.73 Å². The standard InChI is InChI=1S/C21H37NO8/c1-5-7-8-9-10-11-12-29-20(6-2)21(27,17(24)14(3)4)18(25)16(23)15(30-20)13-28-19(22)26/h15-16,18,23,25,27H,3,5-13H2,1-2,4H3,(H2,22,26)/t15-,16-,18+,20-,21-/m1/s1. The van der Waals surface area contributed by atoms with Gasteiger partial charge in [-0.05, 0) is 18.9 Å². The van der Waals surface area contributed by atoms with Crippen LogP contribution >= 0.6 is 0 Å². The molecule has 5 N–H and O–H groups in total. The topological polar surface area (TPSA) is 149 Å². The largest absolute Gasteiger partial charge is 0.447 e. The van der Waals surface area contributed by atoms with Gasteiger partial charge in [-0.3, -0.25) is 4.79 Å². The van der Waals surface area contributed by atoms with Crippen molar-refractivity contribution in [2.45, 2.75) is 95.4 Å². The number of Topliss-reactive ketones (excluding diaryl/α,β-unsaturated/α-hetero) is 1. The third kappa shape index (κ3) is 5.79. The highest BCUT2D eigenvalue weighted by Crippen LogP contribution is 2.43. The molecule has 1 heterocycles. The van der Waals surface area contributed by atoms with Crippen LogP contribution in [0.4, 0.5) is 4.79 Å². The minimum absolute atomic E-state index is 0.0186. The number of rotatable bonds is 13. The highest BCUT2D eigenvalue weighted by Gasteiger charge is 2.68. The second kappa shape index (κ2) is 11.8. The fourth-order valence-electron chi connectivity index (χ4n) is 3.73. The van der Waals surface area contributed by atoms with Gasteiger partial charge in [0.15, 0.2) is 5.78 Å². The number of unbranched alkanes of at least 4 members (excludes halogenated alkanes) is 5. The van der Waals surface area contributed by atoms with E-state index in [4.69, 9.17) is 19.9 Å². The molecule has 174 valence electrons. The van der Waals surface area contributed by atoms with Crippen molar-refractivity contribution in [1.82, 2.24) is 0 Å². The number of nitrogens with two attached hydrogens (primary N) is 1. The van der Waals surface area contributed by atoms with Crippen LogP contribution in [0.2, 0.25) is 0 Å². The summed E-state index contributed by atoms with van der Waals surface area (Å²) in [6, 6.07) is 0. The molecular weight excluding hydrogens is 394 g/mol. The van der Waals surface area contributed by atoms with E-state index in [9.17, 15) is 24.9 Å². The van der Waals surface area contributed by atoms with Gasteiger partial charge in [-0.1, -0.05) is 52.5 Å². The van der Waals surface area contributed by atoms with Crippen LogP contribution in [0.25, 0.3) is 0 Å². The molecule has 0 aliphatic carbocycles. The summed E-state index contributed by atoms with van der Waals surface area (Å²) < 4.78 is 16.4. The van der Waals surface area contributed by atoms with E-state index in [1.807, 2.05) is 0 Å². The highest BCUT2D eigenvalue weighted by atomic mass is 16.7. The first-order chi connectivity index (χ1) is 14.1. The summed E-state index contributed by atoms with van der Waals surface area (Å²) in [7, 11) is 0. The van der Waals surface area contributed by atoms with Crippen LogP contribution in [-0.4, -0.2) is 70.1 Å². The van der Waals surface area contributed by atoms with Gasteiger partial charge in [-0.25, -0.2) is 4.79 Å². The molecule has 1 fully saturated rings. The van der Waals surface area contributed by atoms with Gasteiger partial charge in [0.1, 0.15) is 24.9 Å². The van der Waals surface area contributed by atoms with Gasteiger partial charge in [-0.2, -0.15) is 0 Å². The van der Waals surface area contributed by atoms with Crippen molar-refractivity contribution >= 4 is 11.9 Å². The van der Waals surface area contributed by atoms with Gasteiger partial charge in [0.25, 0.3) is 0 Å². The quantitative estimate of drug-likeness (QED) is 0.254. The van der Waals surface area contributed by atoms with Crippen molar-refractivity contribution in [2.75, 3.05) is 13.2 Å². The minimum Gasteiger partial charge on any atom is -0.447 e. The molecule has 1 aliphatic heterocycles. The maximum Gasteiger partial charge on any atom is 0.404 e. The molecular formula is C21H37NO8. The number of ether oxygens (including phenoxy) is 3. The van der Waals surface area contributed by atoms with Crippen LogP contribution in [0.1, 0.15) is 65.7 Å². The fourth-order valence-corrected chi connectivity index (χ4v) is 3.73. The van der Waals surface area contributed by atoms with Crippen LogP contribution in [0.5, 0.6) is 0 Å². The number of aliphatic hydroxyl groups is 3. The molecule has 1 aliphatic rings. The average Bonchev–Trinajstić information content (AvgIpc) is 2.71. The molecule has 0 spiro atoms. The zero-order valence-electron chi connectivity index (χ0n) is 18.3. The molecule has 9 nitrogen and oxygen atoms in total. The van der Waals surface area contributed by atoms with Crippen molar-refractivity contribution in [3.63, 3.8) is 0 Å². The predicted octanol–water partition coefficient (Wildman–Crippen LogP) is 1.56. The zero-order valence-corrected chi connectivity index (χ0v) is 18.3. The van der Waals surface area contributed by atoms with Gasteiger partial charge in [0, 0.05) is 6.42 Å². The Balaban J connectivity index is 3.08. The lowest BCUT2D eigenvalue weighted by Gasteiger charge is -2.54. The number of amides is 1. The van der Waals surface area contributed by atoms with Crippen molar-refractivity contribution in [3.8, 4) is 0 Å². The number of hydrogen-bond acceptors (Lipinski definition) is 8. The van der Waals surface area contributed by atoms with E-state index < -0.39 is 48.2 Å². The number of carbonyl (C=O) groups is 2. The summed E-state index contributed by atoms with van der Waals surface area (Å²) in [5.41, 5.74) is 2.36. The summed E-state index contributed by atoms with van der Waals surface area (Å²) in [5, 5.41) is 32.5. The van der Waals surface area contributed by atoms with Crippen LogP contribution in [0.15, 0.2) is 12.2 Å². The van der Waals surface area contributed by atoms with Crippen LogP contribution in [-0.2, 0) is 19.0 Å². The van der Waals surface area contributed by atoms with Crippen molar-refractivity contribution < 1.29 is 39.1 Å². The second-order valence-electron chi connectivity index (χ2n) is 7.82. The molecule has 30 heavy (non-hydrogen) atoms. The Bertz CT molecular complexity index is 598. The van der Waals surface area contributed by atoms with Crippen molar-refractivity contribution in [3.05, 3.63) is 12.2 Å². The first-order valence-electron chi connectivity index (χ1n) is 10.6. The molecule has 0 unspecified atom stereocenters. The molecule has 0 aromatic carbocycles. The lowest BCUT2D eigenvalue weighted by molar-refractivity contribution is -0.389. The average molecular weight is 432 g/mol. The third-order valence-corrected chi connectivity index (χ3v) is 5.48. The molecule has 0 saturated carbocycles. The Morgan fingerprint density at radius 1 is 1.13 bits per heavy atom. The normalized spacial score (nSPS) is 31.3. The SMILES string of the molecule is C=C(C)C(=O)[C@@]1(O)[C@@H](O)[C@H](O)[C@@H](COC(N)=O)O[C@@]1(CC)OCCCCCCCC. The molecule has 0 bridgehead atoms. The number of ketones is 1. The summed E-state index contributed by atoms with van der Waals surface area (Å²) in [4.78, 5) is 23.8. The Kier molecular flexibility index (Phi) is 10.4. The van der Waals surface area contributed by atoms with Crippen LogP contribution in [0, 0.1) is 0 Å². The van der Waals surface area contributed by atoms with E-state index in [-0.39, 0.29) is 18.6 Å². The number of primary amides is 1. The van der Waals surface area contributed by atoms with Gasteiger partial charge in [0.2, 0.25) is 11.4 Å². The molecule has 5 atom stereocenters. The summed E-state index contributed by atoms with van der Waals surface area (Å²) in [6.45, 7) is 8.37. The highest BCUT2D eigenvalue weighted by molar-refractivity contribution is 6.02. The number of carbonyl (C=O) groups excluding carboxylic acids is 2. The Morgan fingerprint density at radius 2 is 1.73 bits per heavy atom. The van der Waals surface area contributed by atoms with E-state index in [1.165, 1.54) is 6.92 Å². The summed E-state index contributed by atoms with van der Waals surface area (Å²) >= 11 is 0. The maximum absolute atomic E-state index is 12.8. The number of hydrogen-bond donors (Lipinski definition) is 4. The third-order valence-electron chi connectivity index (χ3n) is 5.48. The van der Waals surface area contributed by atoms with E-state index in [0.717, 1.165) is 32.1 Å². The van der Waals surface area contributed by atoms with Crippen molar-refractivity contribution in [1.29, 1.82) is 0 Å². The predicted molar refractivity (Wildman–Crippen MR) is 110 cm³/mol. The second-order valence-corrected chi connectivity index (χ2v) is 7.82. The maximum atomic E-state index is 12.8. The molecule has 1 saturated heterocycles. The summed E-state index contributed by atoms with van der Waals surface area (Å²) in [5.74, 6) is -2.86. The molecule has 0 aromatic rings. The molecule has 1 rings (SSSR count). The Hall–Kier alpha value is -1.52. The lowest BCUT2D eigenvalue weighted by Crippen LogP contribution is -2.76. The first-order valence-corrected chi connectivity index (χ1v) is 10.6. The summed E-state index contributed by atoms with van der Waals surface area (Å²) in [6.07, 6.45) is -0.0605. The van der Waals surface area contributed by atoms with Gasteiger partial charge in [0.05, 0.1) is 6.61 Å². The lowest BCUT2D eigenvalue weighted by atomic mass is 9.74. The number of aliphatic hydroxyl groups excluding tert-OH is 2. The van der Waals surface area contributed by atoms with Gasteiger partial charge in [-0.15, -0.1) is 0 Å². The molecule has 0 aromatic heterocycles. The van der Waals surface area contributed by atoms with Crippen molar-refractivity contribution in [2.24, 2.45) is 5.73 Å². The Labute approximate surface area is 178 Å². The fraction of sp³-hybridized carbons (Fsp3) is 0.810. The molecule has 0 radical (unpaired) electrons. The van der Waals surface area contributed by atoms with Gasteiger partial charge < -0.3 is 35.3 Å². The molecule has 1 amide bonds. The van der Waals surface area contributed by atoms with Crippen LogP contribution in [0.3, 0.4) is 0 Å².